The summed E-state index contributed by atoms with van der Waals surface area (Å²) in [6.07, 6.45) is 1.66. The van der Waals surface area contributed by atoms with Gasteiger partial charge in [-0.05, 0) is 42.2 Å². The molecule has 4 atom stereocenters. The third-order valence-corrected chi connectivity index (χ3v) is 6.42. The number of nitrogens with one attached hydrogen (secondary N) is 1. The van der Waals surface area contributed by atoms with Crippen molar-refractivity contribution >= 4 is 5.91 Å². The van der Waals surface area contributed by atoms with E-state index in [0.717, 1.165) is 41.0 Å². The van der Waals surface area contributed by atoms with Crippen molar-refractivity contribution in [1.29, 1.82) is 0 Å². The van der Waals surface area contributed by atoms with Crippen LogP contribution in [0, 0.1) is 5.92 Å². The van der Waals surface area contributed by atoms with Crippen LogP contribution in [0.2, 0.25) is 0 Å². The van der Waals surface area contributed by atoms with Gasteiger partial charge >= 0.3 is 0 Å². The predicted octanol–water partition coefficient (Wildman–Crippen LogP) is 2.51. The van der Waals surface area contributed by atoms with Crippen molar-refractivity contribution in [2.75, 3.05) is 13.7 Å². The van der Waals surface area contributed by atoms with E-state index in [1.807, 2.05) is 42.5 Å². The first-order chi connectivity index (χ1) is 13.1. The van der Waals surface area contributed by atoms with Crippen molar-refractivity contribution in [2.24, 2.45) is 5.92 Å². The second-order valence-corrected chi connectivity index (χ2v) is 7.83. The lowest BCUT2D eigenvalue weighted by molar-refractivity contribution is -0.124. The fourth-order valence-electron chi connectivity index (χ4n) is 4.85. The third-order valence-electron chi connectivity index (χ3n) is 6.42. The lowest BCUT2D eigenvalue weighted by Crippen LogP contribution is -2.37. The second kappa shape index (κ2) is 5.99. The monoisotopic (exact) mass is 365 g/mol. The minimum Gasteiger partial charge on any atom is -0.497 e. The van der Waals surface area contributed by atoms with Crippen LogP contribution in [0.25, 0.3) is 0 Å². The molecular weight excluding hydrogens is 342 g/mol. The van der Waals surface area contributed by atoms with Gasteiger partial charge in [0.1, 0.15) is 11.5 Å². The van der Waals surface area contributed by atoms with Crippen molar-refractivity contribution in [3.05, 3.63) is 59.2 Å². The van der Waals surface area contributed by atoms with Crippen LogP contribution in [0.1, 0.15) is 35.6 Å². The number of carbonyl (C=O) groups is 1. The summed E-state index contributed by atoms with van der Waals surface area (Å²) in [5.41, 5.74) is 3.04. The maximum Gasteiger partial charge on any atom is 0.224 e. The van der Waals surface area contributed by atoms with E-state index in [9.17, 15) is 9.90 Å². The first-order valence-corrected chi connectivity index (χ1v) is 9.50. The summed E-state index contributed by atoms with van der Waals surface area (Å²) in [4.78, 5) is 13.1. The lowest BCUT2D eigenvalue weighted by atomic mass is 9.87. The molecule has 0 saturated heterocycles. The number of fused-ring (bicyclic) bond motifs is 3. The maximum absolute atomic E-state index is 13.1. The molecule has 27 heavy (non-hydrogen) atoms. The Bertz CT molecular complexity index is 911. The molecule has 0 aromatic heterocycles. The summed E-state index contributed by atoms with van der Waals surface area (Å²) < 4.78 is 11.2. The van der Waals surface area contributed by atoms with E-state index < -0.39 is 6.10 Å². The number of benzene rings is 2. The Morgan fingerprint density at radius 3 is 3.00 bits per heavy atom. The number of rotatable bonds is 3. The minimum atomic E-state index is -0.567. The molecule has 2 aromatic carbocycles. The van der Waals surface area contributed by atoms with Crippen LogP contribution < -0.4 is 14.8 Å². The van der Waals surface area contributed by atoms with Gasteiger partial charge in [0.25, 0.3) is 0 Å². The summed E-state index contributed by atoms with van der Waals surface area (Å²) in [7, 11) is 1.65. The molecule has 5 heteroatoms. The van der Waals surface area contributed by atoms with Crippen LogP contribution in [-0.2, 0) is 16.6 Å². The van der Waals surface area contributed by atoms with Gasteiger partial charge in [-0.25, -0.2) is 0 Å². The summed E-state index contributed by atoms with van der Waals surface area (Å²) in [6, 6.07) is 13.4. The SMILES string of the molecule is COc1ccc2c(c1)[C@@]1(CCO2)C[C@@H]1C(=O)N[C@@H]1c2ccccc2C[C@@H]1O. The fraction of sp³-hybridized carbons (Fsp3) is 0.409. The highest BCUT2D eigenvalue weighted by atomic mass is 16.5. The smallest absolute Gasteiger partial charge is 0.224 e. The Morgan fingerprint density at radius 2 is 2.15 bits per heavy atom. The zero-order valence-corrected chi connectivity index (χ0v) is 15.3. The molecule has 1 spiro atoms. The molecular formula is C22H23NO4. The standard InChI is InChI=1S/C22H23NO4/c1-26-14-6-7-19-16(11-14)22(8-9-27-19)12-17(22)21(25)23-20-15-5-3-2-4-13(15)10-18(20)24/h2-7,11,17-18,20,24H,8-10,12H2,1H3,(H,23,25)/t17-,18+,20-,22-/m1/s1. The number of amides is 1. The largest absolute Gasteiger partial charge is 0.497 e. The molecule has 5 rings (SSSR count). The highest BCUT2D eigenvalue weighted by Gasteiger charge is 2.61. The van der Waals surface area contributed by atoms with E-state index in [0.29, 0.717) is 13.0 Å². The molecule has 140 valence electrons. The number of aliphatic hydroxyl groups is 1. The normalized spacial score (nSPS) is 30.2. The van der Waals surface area contributed by atoms with Crippen molar-refractivity contribution in [3.63, 3.8) is 0 Å². The maximum atomic E-state index is 13.1. The van der Waals surface area contributed by atoms with Gasteiger partial charge in [-0.15, -0.1) is 0 Å². The van der Waals surface area contributed by atoms with Crippen molar-refractivity contribution in [2.45, 2.75) is 36.8 Å². The number of carbonyl (C=O) groups excluding carboxylic acids is 1. The zero-order chi connectivity index (χ0) is 18.6. The van der Waals surface area contributed by atoms with E-state index in [2.05, 4.69) is 5.32 Å². The zero-order valence-electron chi connectivity index (χ0n) is 15.3. The fourth-order valence-corrected chi connectivity index (χ4v) is 4.85. The van der Waals surface area contributed by atoms with Gasteiger partial charge in [0.15, 0.2) is 0 Å². The van der Waals surface area contributed by atoms with Gasteiger partial charge in [-0.1, -0.05) is 24.3 Å². The van der Waals surface area contributed by atoms with Gasteiger partial charge in [0, 0.05) is 23.3 Å². The van der Waals surface area contributed by atoms with Gasteiger partial charge in [0.05, 0.1) is 25.9 Å². The van der Waals surface area contributed by atoms with Crippen molar-refractivity contribution in [1.82, 2.24) is 5.32 Å². The van der Waals surface area contributed by atoms with E-state index >= 15 is 0 Å². The van der Waals surface area contributed by atoms with E-state index in [1.54, 1.807) is 7.11 Å². The summed E-state index contributed by atoms with van der Waals surface area (Å²) in [5.74, 6) is 1.56. The molecule has 1 aliphatic heterocycles. The Kier molecular flexibility index (Phi) is 3.69. The summed E-state index contributed by atoms with van der Waals surface area (Å²) >= 11 is 0. The first-order valence-electron chi connectivity index (χ1n) is 9.50. The Hall–Kier alpha value is -2.53. The van der Waals surface area contributed by atoms with Gasteiger partial charge < -0.3 is 19.9 Å². The molecule has 0 unspecified atom stereocenters. The molecule has 2 aromatic rings. The minimum absolute atomic E-state index is 0.0198. The molecule has 1 fully saturated rings. The molecule has 0 radical (unpaired) electrons. The molecule has 0 bridgehead atoms. The van der Waals surface area contributed by atoms with Gasteiger partial charge in [-0.3, -0.25) is 4.79 Å². The average molecular weight is 365 g/mol. The van der Waals surface area contributed by atoms with Crippen molar-refractivity contribution < 1.29 is 19.4 Å². The van der Waals surface area contributed by atoms with Crippen LogP contribution in [0.4, 0.5) is 0 Å². The van der Waals surface area contributed by atoms with Crippen LogP contribution in [0.3, 0.4) is 0 Å². The molecule has 3 aliphatic rings. The van der Waals surface area contributed by atoms with Crippen LogP contribution >= 0.6 is 0 Å². The molecule has 2 aliphatic carbocycles. The van der Waals surface area contributed by atoms with E-state index in [1.165, 1.54) is 0 Å². The number of hydrogen-bond acceptors (Lipinski definition) is 4. The molecule has 1 saturated carbocycles. The van der Waals surface area contributed by atoms with Crippen molar-refractivity contribution in [3.8, 4) is 11.5 Å². The molecule has 1 amide bonds. The Labute approximate surface area is 158 Å². The number of methoxy groups -OCH3 is 1. The highest BCUT2D eigenvalue weighted by molar-refractivity contribution is 5.85. The van der Waals surface area contributed by atoms with Crippen LogP contribution in [0.5, 0.6) is 11.5 Å². The molecule has 1 heterocycles. The molecule has 5 nitrogen and oxygen atoms in total. The quantitative estimate of drug-likeness (QED) is 0.877. The Morgan fingerprint density at radius 1 is 1.30 bits per heavy atom. The van der Waals surface area contributed by atoms with Gasteiger partial charge in [0.2, 0.25) is 5.91 Å². The second-order valence-electron chi connectivity index (χ2n) is 7.83. The lowest BCUT2D eigenvalue weighted by Gasteiger charge is -2.27. The highest BCUT2D eigenvalue weighted by Crippen LogP contribution is 2.61. The molecule has 2 N–H and O–H groups in total. The van der Waals surface area contributed by atoms with E-state index in [-0.39, 0.29) is 23.3 Å². The summed E-state index contributed by atoms with van der Waals surface area (Å²) in [6.45, 7) is 0.623. The van der Waals surface area contributed by atoms with Crippen LogP contribution in [0.15, 0.2) is 42.5 Å². The number of ether oxygens (including phenoxy) is 2. The van der Waals surface area contributed by atoms with Crippen LogP contribution in [-0.4, -0.2) is 30.8 Å². The number of hydrogen-bond donors (Lipinski definition) is 2. The Balaban J connectivity index is 1.39. The first kappa shape index (κ1) is 16.6. The number of aliphatic hydroxyl groups excluding tert-OH is 1. The summed E-state index contributed by atoms with van der Waals surface area (Å²) in [5, 5.41) is 13.6. The third kappa shape index (κ3) is 2.52. The van der Waals surface area contributed by atoms with E-state index in [4.69, 9.17) is 9.47 Å². The van der Waals surface area contributed by atoms with Gasteiger partial charge in [-0.2, -0.15) is 0 Å². The predicted molar refractivity (Wildman–Crippen MR) is 99.9 cm³/mol. The average Bonchev–Trinajstić information content (AvgIpc) is 3.32. The topological polar surface area (TPSA) is 67.8 Å².